The number of rotatable bonds is 3. The number of carboxylic acids is 1. The molecule has 0 radical (unpaired) electrons. The van der Waals surface area contributed by atoms with E-state index in [4.69, 9.17) is 11.6 Å². The third-order valence-electron chi connectivity index (χ3n) is 4.72. The third-order valence-corrected chi connectivity index (χ3v) is 4.95. The monoisotopic (exact) mass is 321 g/mol. The lowest BCUT2D eigenvalue weighted by Crippen LogP contribution is -2.46. The van der Waals surface area contributed by atoms with Crippen LogP contribution in [0.5, 0.6) is 0 Å². The molecule has 0 aliphatic carbocycles. The molecule has 2 aromatic rings. The van der Waals surface area contributed by atoms with Crippen molar-refractivity contribution in [1.82, 2.24) is 14.5 Å². The van der Waals surface area contributed by atoms with Gasteiger partial charge in [-0.05, 0) is 44.5 Å². The predicted octanol–water partition coefficient (Wildman–Crippen LogP) is 2.91. The Balaban J connectivity index is 1.86. The summed E-state index contributed by atoms with van der Waals surface area (Å²) < 4.78 is 2.06. The highest BCUT2D eigenvalue weighted by molar-refractivity contribution is 6.31. The molecule has 1 aromatic carbocycles. The summed E-state index contributed by atoms with van der Waals surface area (Å²) in [5.41, 5.74) is 1.92. The molecule has 2 heterocycles. The van der Waals surface area contributed by atoms with E-state index in [2.05, 4.69) is 14.5 Å². The summed E-state index contributed by atoms with van der Waals surface area (Å²) in [6.07, 6.45) is 1.67. The van der Waals surface area contributed by atoms with Crippen molar-refractivity contribution < 1.29 is 9.90 Å². The SMILES string of the molecule is C[C@@H]1[C@H](C(=O)O)CCCN1Cc1nc2cc(Cl)ccc2n1C. The maximum atomic E-state index is 11.3. The molecule has 1 fully saturated rings. The lowest BCUT2D eigenvalue weighted by atomic mass is 9.90. The van der Waals surface area contributed by atoms with E-state index in [1.54, 1.807) is 0 Å². The van der Waals surface area contributed by atoms with Crippen LogP contribution in [0, 0.1) is 5.92 Å². The van der Waals surface area contributed by atoms with Crippen LogP contribution in [0.25, 0.3) is 11.0 Å². The molecule has 3 rings (SSSR count). The molecule has 0 unspecified atom stereocenters. The molecule has 5 nitrogen and oxygen atoms in total. The zero-order chi connectivity index (χ0) is 15.9. The van der Waals surface area contributed by atoms with Gasteiger partial charge in [-0.25, -0.2) is 4.98 Å². The lowest BCUT2D eigenvalue weighted by molar-refractivity contribution is -0.145. The standard InChI is InChI=1S/C16H20ClN3O2/c1-10-12(16(21)22)4-3-7-20(10)9-15-18-13-8-11(17)5-6-14(13)19(15)2/h5-6,8,10,12H,3-4,7,9H2,1-2H3,(H,21,22)/t10-,12-/m1/s1. The van der Waals surface area contributed by atoms with Crippen LogP contribution < -0.4 is 0 Å². The minimum atomic E-state index is -0.700. The van der Waals surface area contributed by atoms with E-state index in [0.717, 1.165) is 36.2 Å². The Morgan fingerprint density at radius 2 is 2.27 bits per heavy atom. The Morgan fingerprint density at radius 3 is 3.00 bits per heavy atom. The van der Waals surface area contributed by atoms with Gasteiger partial charge in [-0.2, -0.15) is 0 Å². The van der Waals surface area contributed by atoms with Crippen molar-refractivity contribution in [2.24, 2.45) is 13.0 Å². The number of benzene rings is 1. The van der Waals surface area contributed by atoms with E-state index in [1.807, 2.05) is 32.2 Å². The van der Waals surface area contributed by atoms with Crippen LogP contribution in [0.3, 0.4) is 0 Å². The van der Waals surface area contributed by atoms with E-state index in [9.17, 15) is 9.90 Å². The summed E-state index contributed by atoms with van der Waals surface area (Å²) in [5, 5.41) is 10.0. The number of likely N-dealkylation sites (tertiary alicyclic amines) is 1. The normalized spacial score (nSPS) is 23.0. The molecule has 0 spiro atoms. The third kappa shape index (κ3) is 2.71. The molecular formula is C16H20ClN3O2. The van der Waals surface area contributed by atoms with Gasteiger partial charge in [0.2, 0.25) is 0 Å². The Bertz CT molecular complexity index is 713. The van der Waals surface area contributed by atoms with E-state index in [0.29, 0.717) is 11.6 Å². The van der Waals surface area contributed by atoms with E-state index >= 15 is 0 Å². The van der Waals surface area contributed by atoms with Crippen LogP contribution in [-0.2, 0) is 18.4 Å². The van der Waals surface area contributed by atoms with Crippen LogP contribution in [0.15, 0.2) is 18.2 Å². The molecule has 1 N–H and O–H groups in total. The maximum absolute atomic E-state index is 11.3. The number of nitrogens with zero attached hydrogens (tertiary/aromatic N) is 3. The van der Waals surface area contributed by atoms with E-state index in [1.165, 1.54) is 0 Å². The van der Waals surface area contributed by atoms with Crippen molar-refractivity contribution in [1.29, 1.82) is 0 Å². The quantitative estimate of drug-likeness (QED) is 0.944. The minimum absolute atomic E-state index is 0.0228. The van der Waals surface area contributed by atoms with Crippen LogP contribution in [0.2, 0.25) is 5.02 Å². The van der Waals surface area contributed by atoms with E-state index < -0.39 is 5.97 Å². The number of hydrogen-bond acceptors (Lipinski definition) is 3. The molecule has 2 atom stereocenters. The Kier molecular flexibility index (Phi) is 4.10. The Labute approximate surface area is 134 Å². The second-order valence-electron chi connectivity index (χ2n) is 6.02. The van der Waals surface area contributed by atoms with Gasteiger partial charge in [0.05, 0.1) is 23.5 Å². The molecule has 0 saturated carbocycles. The number of aryl methyl sites for hydroxylation is 1. The molecular weight excluding hydrogens is 302 g/mol. The van der Waals surface area contributed by atoms with Gasteiger partial charge in [-0.15, -0.1) is 0 Å². The first-order chi connectivity index (χ1) is 10.5. The van der Waals surface area contributed by atoms with Gasteiger partial charge >= 0.3 is 5.97 Å². The van der Waals surface area contributed by atoms with Crippen LogP contribution >= 0.6 is 11.6 Å². The fraction of sp³-hybridized carbons (Fsp3) is 0.500. The second-order valence-corrected chi connectivity index (χ2v) is 6.45. The summed E-state index contributed by atoms with van der Waals surface area (Å²) in [7, 11) is 1.99. The molecule has 22 heavy (non-hydrogen) atoms. The number of hydrogen-bond donors (Lipinski definition) is 1. The van der Waals surface area contributed by atoms with Crippen molar-refractivity contribution in [2.75, 3.05) is 6.54 Å². The number of aliphatic carboxylic acids is 1. The minimum Gasteiger partial charge on any atom is -0.481 e. The van der Waals surface area contributed by atoms with Gasteiger partial charge < -0.3 is 9.67 Å². The smallest absolute Gasteiger partial charge is 0.308 e. The van der Waals surface area contributed by atoms with Crippen LogP contribution in [-0.4, -0.2) is 38.1 Å². The lowest BCUT2D eigenvalue weighted by Gasteiger charge is -2.37. The zero-order valence-corrected chi connectivity index (χ0v) is 13.5. The van der Waals surface area contributed by atoms with E-state index in [-0.39, 0.29) is 12.0 Å². The Morgan fingerprint density at radius 1 is 1.50 bits per heavy atom. The number of aromatic nitrogens is 2. The van der Waals surface area contributed by atoms with Gasteiger partial charge in [0.15, 0.2) is 0 Å². The van der Waals surface area contributed by atoms with Gasteiger partial charge in [0, 0.05) is 18.1 Å². The first-order valence-corrected chi connectivity index (χ1v) is 7.93. The van der Waals surface area contributed by atoms with Crippen molar-refractivity contribution in [3.05, 3.63) is 29.0 Å². The summed E-state index contributed by atoms with van der Waals surface area (Å²) >= 11 is 6.02. The average Bonchev–Trinajstić information content (AvgIpc) is 2.76. The maximum Gasteiger partial charge on any atom is 0.308 e. The van der Waals surface area contributed by atoms with Crippen molar-refractivity contribution in [3.8, 4) is 0 Å². The largest absolute Gasteiger partial charge is 0.481 e. The fourth-order valence-corrected chi connectivity index (χ4v) is 3.48. The zero-order valence-electron chi connectivity index (χ0n) is 12.8. The highest BCUT2D eigenvalue weighted by Crippen LogP contribution is 2.26. The van der Waals surface area contributed by atoms with Gasteiger partial charge in [-0.1, -0.05) is 11.6 Å². The Hall–Kier alpha value is -1.59. The molecule has 118 valence electrons. The number of halogens is 1. The molecule has 0 bridgehead atoms. The second kappa shape index (κ2) is 5.89. The van der Waals surface area contributed by atoms with Crippen LogP contribution in [0.1, 0.15) is 25.6 Å². The molecule has 1 aliphatic heterocycles. The highest BCUT2D eigenvalue weighted by atomic mass is 35.5. The van der Waals surface area contributed by atoms with Gasteiger partial charge in [0.1, 0.15) is 5.82 Å². The number of fused-ring (bicyclic) bond motifs is 1. The van der Waals surface area contributed by atoms with Crippen molar-refractivity contribution in [3.63, 3.8) is 0 Å². The first kappa shape index (κ1) is 15.3. The molecule has 1 aliphatic rings. The van der Waals surface area contributed by atoms with Crippen molar-refractivity contribution in [2.45, 2.75) is 32.4 Å². The number of carboxylic acid groups (broad SMARTS) is 1. The first-order valence-electron chi connectivity index (χ1n) is 7.55. The number of carbonyl (C=O) groups is 1. The number of piperidine rings is 1. The molecule has 0 amide bonds. The fourth-order valence-electron chi connectivity index (χ4n) is 3.31. The number of imidazole rings is 1. The van der Waals surface area contributed by atoms with Crippen molar-refractivity contribution >= 4 is 28.6 Å². The molecule has 1 aromatic heterocycles. The van der Waals surface area contributed by atoms with Crippen LogP contribution in [0.4, 0.5) is 0 Å². The highest BCUT2D eigenvalue weighted by Gasteiger charge is 2.33. The summed E-state index contributed by atoms with van der Waals surface area (Å²) in [4.78, 5) is 18.2. The molecule has 1 saturated heterocycles. The predicted molar refractivity (Wildman–Crippen MR) is 86.0 cm³/mol. The average molecular weight is 322 g/mol. The summed E-state index contributed by atoms with van der Waals surface area (Å²) in [5.74, 6) is -0.0537. The van der Waals surface area contributed by atoms with Gasteiger partial charge in [-0.3, -0.25) is 9.69 Å². The topological polar surface area (TPSA) is 58.4 Å². The molecule has 6 heteroatoms. The van der Waals surface area contributed by atoms with Gasteiger partial charge in [0.25, 0.3) is 0 Å². The summed E-state index contributed by atoms with van der Waals surface area (Å²) in [6.45, 7) is 3.57. The summed E-state index contributed by atoms with van der Waals surface area (Å²) in [6, 6.07) is 5.71.